The predicted molar refractivity (Wildman–Crippen MR) is 96.9 cm³/mol. The average Bonchev–Trinajstić information content (AvgIpc) is 3.05. The molecule has 0 fully saturated rings. The number of hydrogen-bond donors (Lipinski definition) is 1. The molecular formula is C17H15N3OS2. The number of hydrogen-bond acceptors (Lipinski definition) is 5. The lowest BCUT2D eigenvalue weighted by atomic mass is 10.1. The van der Waals surface area contributed by atoms with E-state index in [1.807, 2.05) is 35.9 Å². The number of benzene rings is 1. The molecule has 0 aliphatic carbocycles. The SMILES string of the molecule is CSc1cc(-c2csc(-c3ccncc3)n2)ccc1NC(C)=O. The number of carbonyl (C=O) groups excluding carboxylic acids is 1. The number of nitrogens with one attached hydrogen (secondary N) is 1. The zero-order valence-electron chi connectivity index (χ0n) is 12.7. The van der Waals surface area contributed by atoms with Gasteiger partial charge >= 0.3 is 0 Å². The monoisotopic (exact) mass is 341 g/mol. The molecule has 1 N–H and O–H groups in total. The van der Waals surface area contributed by atoms with E-state index in [-0.39, 0.29) is 5.91 Å². The van der Waals surface area contributed by atoms with Gasteiger partial charge in [0.2, 0.25) is 5.91 Å². The average molecular weight is 341 g/mol. The van der Waals surface area contributed by atoms with Crippen molar-refractivity contribution >= 4 is 34.7 Å². The molecule has 0 aliphatic rings. The fraction of sp³-hybridized carbons (Fsp3) is 0.118. The maximum atomic E-state index is 11.3. The Kier molecular flexibility index (Phi) is 4.73. The van der Waals surface area contributed by atoms with E-state index in [0.717, 1.165) is 32.4 Å². The molecule has 0 aliphatic heterocycles. The van der Waals surface area contributed by atoms with Crippen molar-refractivity contribution in [1.29, 1.82) is 0 Å². The number of carbonyl (C=O) groups is 1. The van der Waals surface area contributed by atoms with Crippen molar-refractivity contribution in [3.63, 3.8) is 0 Å². The highest BCUT2D eigenvalue weighted by molar-refractivity contribution is 7.98. The maximum Gasteiger partial charge on any atom is 0.221 e. The lowest BCUT2D eigenvalue weighted by molar-refractivity contribution is -0.114. The van der Waals surface area contributed by atoms with Crippen molar-refractivity contribution in [1.82, 2.24) is 9.97 Å². The van der Waals surface area contributed by atoms with Gasteiger partial charge in [-0.15, -0.1) is 23.1 Å². The van der Waals surface area contributed by atoms with Crippen LogP contribution in [-0.2, 0) is 4.79 Å². The molecule has 6 heteroatoms. The summed E-state index contributed by atoms with van der Waals surface area (Å²) < 4.78 is 0. The lowest BCUT2D eigenvalue weighted by Gasteiger charge is -2.09. The molecule has 0 saturated heterocycles. The van der Waals surface area contributed by atoms with Crippen LogP contribution in [-0.4, -0.2) is 22.1 Å². The van der Waals surface area contributed by atoms with Crippen LogP contribution in [0.3, 0.4) is 0 Å². The molecule has 0 radical (unpaired) electrons. The quantitative estimate of drug-likeness (QED) is 0.707. The number of anilines is 1. The van der Waals surface area contributed by atoms with Crippen molar-refractivity contribution in [2.24, 2.45) is 0 Å². The highest BCUT2D eigenvalue weighted by Crippen LogP contribution is 2.33. The van der Waals surface area contributed by atoms with Gasteiger partial charge in [0.05, 0.1) is 11.4 Å². The Morgan fingerprint density at radius 3 is 2.65 bits per heavy atom. The Bertz CT molecular complexity index is 831. The Labute approximate surface area is 143 Å². The van der Waals surface area contributed by atoms with Gasteiger partial charge in [0.15, 0.2) is 0 Å². The van der Waals surface area contributed by atoms with Gasteiger partial charge < -0.3 is 5.32 Å². The van der Waals surface area contributed by atoms with Crippen LogP contribution in [0.15, 0.2) is 53.0 Å². The minimum absolute atomic E-state index is 0.0679. The molecule has 0 spiro atoms. The summed E-state index contributed by atoms with van der Waals surface area (Å²) in [5.74, 6) is -0.0679. The molecule has 116 valence electrons. The van der Waals surface area contributed by atoms with Crippen molar-refractivity contribution in [2.75, 3.05) is 11.6 Å². The Morgan fingerprint density at radius 1 is 1.17 bits per heavy atom. The number of aromatic nitrogens is 2. The van der Waals surface area contributed by atoms with E-state index in [1.165, 1.54) is 6.92 Å². The van der Waals surface area contributed by atoms with Gasteiger partial charge in [-0.3, -0.25) is 9.78 Å². The first-order chi connectivity index (χ1) is 11.2. The second kappa shape index (κ2) is 6.93. The van der Waals surface area contributed by atoms with Crippen molar-refractivity contribution in [2.45, 2.75) is 11.8 Å². The van der Waals surface area contributed by atoms with Gasteiger partial charge in [-0.1, -0.05) is 6.07 Å². The largest absolute Gasteiger partial charge is 0.325 e. The molecule has 4 nitrogen and oxygen atoms in total. The number of thiazole rings is 1. The van der Waals surface area contributed by atoms with E-state index in [1.54, 1.807) is 35.5 Å². The van der Waals surface area contributed by atoms with E-state index in [2.05, 4.69) is 16.4 Å². The molecule has 0 atom stereocenters. The summed E-state index contributed by atoms with van der Waals surface area (Å²) in [6.07, 6.45) is 5.53. The molecule has 23 heavy (non-hydrogen) atoms. The third-order valence-corrected chi connectivity index (χ3v) is 4.91. The fourth-order valence-electron chi connectivity index (χ4n) is 2.18. The van der Waals surface area contributed by atoms with Gasteiger partial charge in [0.25, 0.3) is 0 Å². The van der Waals surface area contributed by atoms with Crippen LogP contribution < -0.4 is 5.32 Å². The first-order valence-corrected chi connectivity index (χ1v) is 9.10. The van der Waals surface area contributed by atoms with Crippen LogP contribution in [0.5, 0.6) is 0 Å². The van der Waals surface area contributed by atoms with Crippen LogP contribution in [0.2, 0.25) is 0 Å². The third kappa shape index (κ3) is 3.60. The third-order valence-electron chi connectivity index (χ3n) is 3.24. The van der Waals surface area contributed by atoms with Crippen molar-refractivity contribution in [3.05, 3.63) is 48.1 Å². The summed E-state index contributed by atoms with van der Waals surface area (Å²) in [5.41, 5.74) is 3.88. The molecule has 2 heterocycles. The summed E-state index contributed by atoms with van der Waals surface area (Å²) in [6.45, 7) is 1.51. The molecule has 0 bridgehead atoms. The van der Waals surface area contributed by atoms with Gasteiger partial charge in [-0.25, -0.2) is 4.98 Å². The molecule has 3 aromatic rings. The first-order valence-electron chi connectivity index (χ1n) is 6.99. The summed E-state index contributed by atoms with van der Waals surface area (Å²) in [6, 6.07) is 9.87. The zero-order chi connectivity index (χ0) is 16.2. The molecule has 0 saturated carbocycles. The zero-order valence-corrected chi connectivity index (χ0v) is 14.4. The summed E-state index contributed by atoms with van der Waals surface area (Å²) >= 11 is 3.21. The maximum absolute atomic E-state index is 11.3. The van der Waals surface area contributed by atoms with Gasteiger partial charge in [-0.2, -0.15) is 0 Å². The second-order valence-corrected chi connectivity index (χ2v) is 6.58. The van der Waals surface area contributed by atoms with Crippen LogP contribution in [0.25, 0.3) is 21.8 Å². The number of nitrogens with zero attached hydrogens (tertiary/aromatic N) is 2. The molecule has 3 rings (SSSR count). The topological polar surface area (TPSA) is 54.9 Å². The van der Waals surface area contributed by atoms with Gasteiger partial charge in [-0.05, 0) is 30.5 Å². The minimum atomic E-state index is -0.0679. The van der Waals surface area contributed by atoms with Crippen molar-refractivity contribution in [3.8, 4) is 21.8 Å². The molecule has 1 amide bonds. The molecule has 0 unspecified atom stereocenters. The molecule has 1 aromatic carbocycles. The Hall–Kier alpha value is -2.18. The number of thioether (sulfide) groups is 1. The minimum Gasteiger partial charge on any atom is -0.325 e. The van der Waals surface area contributed by atoms with E-state index in [9.17, 15) is 4.79 Å². The number of rotatable bonds is 4. The summed E-state index contributed by atoms with van der Waals surface area (Å²) in [4.78, 5) is 21.0. The van der Waals surface area contributed by atoms with Crippen LogP contribution in [0, 0.1) is 0 Å². The molecule has 2 aromatic heterocycles. The Morgan fingerprint density at radius 2 is 1.96 bits per heavy atom. The highest BCUT2D eigenvalue weighted by atomic mass is 32.2. The van der Waals surface area contributed by atoms with Gasteiger partial charge in [0.1, 0.15) is 5.01 Å². The van der Waals surface area contributed by atoms with Gasteiger partial charge in [0, 0.05) is 40.7 Å². The number of pyridine rings is 1. The van der Waals surface area contributed by atoms with Crippen LogP contribution in [0.4, 0.5) is 5.69 Å². The number of amides is 1. The summed E-state index contributed by atoms with van der Waals surface area (Å²) in [7, 11) is 0. The fourth-order valence-corrected chi connectivity index (χ4v) is 3.60. The Balaban J connectivity index is 1.93. The summed E-state index contributed by atoms with van der Waals surface area (Å²) in [5, 5.41) is 5.87. The van der Waals surface area contributed by atoms with Crippen LogP contribution in [0.1, 0.15) is 6.92 Å². The van der Waals surface area contributed by atoms with Crippen LogP contribution >= 0.6 is 23.1 Å². The highest BCUT2D eigenvalue weighted by Gasteiger charge is 2.10. The smallest absolute Gasteiger partial charge is 0.221 e. The normalized spacial score (nSPS) is 10.5. The first kappa shape index (κ1) is 15.7. The van der Waals surface area contributed by atoms with Crippen molar-refractivity contribution < 1.29 is 4.79 Å². The second-order valence-electron chi connectivity index (χ2n) is 4.87. The lowest BCUT2D eigenvalue weighted by Crippen LogP contribution is -2.06. The standard InChI is InChI=1S/C17H15N3OS2/c1-11(21)19-14-4-3-13(9-16(14)22-2)15-10-23-17(20-15)12-5-7-18-8-6-12/h3-10H,1-2H3,(H,19,21). The van der Waals surface area contributed by atoms with E-state index in [0.29, 0.717) is 0 Å². The van der Waals surface area contributed by atoms with E-state index < -0.39 is 0 Å². The molecular weight excluding hydrogens is 326 g/mol. The van der Waals surface area contributed by atoms with E-state index >= 15 is 0 Å². The van der Waals surface area contributed by atoms with E-state index in [4.69, 9.17) is 4.98 Å². The predicted octanol–water partition coefficient (Wildman–Crippen LogP) is 4.55.